The van der Waals surface area contributed by atoms with Crippen LogP contribution in [0.4, 0.5) is 4.79 Å². The van der Waals surface area contributed by atoms with E-state index in [4.69, 9.17) is 15.2 Å². The lowest BCUT2D eigenvalue weighted by Gasteiger charge is -2.18. The number of methoxy groups -OCH3 is 1. The Labute approximate surface area is 113 Å². The minimum atomic E-state index is -1.05. The molecule has 0 aromatic heterocycles. The van der Waals surface area contributed by atoms with E-state index in [-0.39, 0.29) is 6.61 Å². The summed E-state index contributed by atoms with van der Waals surface area (Å²) in [4.78, 5) is 10.5. The highest BCUT2D eigenvalue weighted by Crippen LogP contribution is 2.26. The molecule has 0 aliphatic heterocycles. The number of nitrogens with two attached hydrogens (primary N) is 1. The topological polar surface area (TPSA) is 91.0 Å². The zero-order chi connectivity index (χ0) is 13.5. The number of rotatable bonds is 6. The van der Waals surface area contributed by atoms with Gasteiger partial charge in [0.25, 0.3) is 0 Å². The normalized spacial score (nSPS) is 13.5. The van der Waals surface area contributed by atoms with Gasteiger partial charge in [-0.2, -0.15) is 0 Å². The number of aliphatic hydroxyl groups is 1. The zero-order valence-corrected chi connectivity index (χ0v) is 11.3. The quantitative estimate of drug-likeness (QED) is 0.770. The molecule has 1 aromatic carbocycles. The highest BCUT2D eigenvalue weighted by Gasteiger charge is 2.20. The molecule has 3 N–H and O–H groups in total. The summed E-state index contributed by atoms with van der Waals surface area (Å²) >= 11 is 2.97. The number of carbonyl (C=O) groups excluding carboxylic acids is 1. The van der Waals surface area contributed by atoms with Gasteiger partial charge in [-0.05, 0) is 28.1 Å². The Hall–Kier alpha value is -1.47. The minimum absolute atomic E-state index is 0.0798. The number of carbonyl (C=O) groups is 1. The summed E-state index contributed by atoms with van der Waals surface area (Å²) in [6.45, 7) is -0.0798. The van der Waals surface area contributed by atoms with E-state index in [0.717, 1.165) is 0 Å². The average Bonchev–Trinajstić information content (AvgIpc) is 2.35. The molecule has 1 aromatic rings. The molecule has 1 amide bonds. The molecule has 6 nitrogen and oxygen atoms in total. The Kier molecular flexibility index (Phi) is 5.73. The number of primary amides is 1. The fraction of sp³-hybridized carbons (Fsp3) is 0.364. The number of hydrogen-bond acceptors (Lipinski definition) is 5. The molecular formula is C11H14BrNO5. The molecule has 0 aliphatic carbocycles. The van der Waals surface area contributed by atoms with Gasteiger partial charge < -0.3 is 25.1 Å². The predicted octanol–water partition coefficient (Wildman–Crippen LogP) is 1.25. The number of para-hydroxylation sites is 2. The number of alkyl halides is 1. The van der Waals surface area contributed by atoms with Gasteiger partial charge in [-0.3, -0.25) is 0 Å². The number of hydrogen-bond donors (Lipinski definition) is 2. The van der Waals surface area contributed by atoms with Crippen LogP contribution in [0.15, 0.2) is 24.3 Å². The summed E-state index contributed by atoms with van der Waals surface area (Å²) in [5.41, 5.74) is 4.82. The number of aliphatic hydroxyl groups excluding tert-OH is 1. The van der Waals surface area contributed by atoms with E-state index in [2.05, 4.69) is 20.7 Å². The Morgan fingerprint density at radius 3 is 2.61 bits per heavy atom. The summed E-state index contributed by atoms with van der Waals surface area (Å²) in [6, 6.07) is 7.00. The smallest absolute Gasteiger partial charge is 0.405 e. The first-order chi connectivity index (χ1) is 8.54. The van der Waals surface area contributed by atoms with Crippen LogP contribution in [-0.2, 0) is 4.74 Å². The summed E-state index contributed by atoms with van der Waals surface area (Å²) in [6.07, 6.45) is -2.03. The van der Waals surface area contributed by atoms with Crippen LogP contribution in [0, 0.1) is 0 Å². The van der Waals surface area contributed by atoms with Crippen molar-refractivity contribution in [3.8, 4) is 11.5 Å². The van der Waals surface area contributed by atoms with Crippen molar-refractivity contribution in [1.29, 1.82) is 0 Å². The molecule has 0 heterocycles. The van der Waals surface area contributed by atoms with E-state index < -0.39 is 17.2 Å². The summed E-state index contributed by atoms with van der Waals surface area (Å²) in [7, 11) is 1.52. The Morgan fingerprint density at radius 2 is 2.06 bits per heavy atom. The van der Waals surface area contributed by atoms with Crippen molar-refractivity contribution in [2.24, 2.45) is 5.73 Å². The maximum atomic E-state index is 10.5. The van der Waals surface area contributed by atoms with Crippen molar-refractivity contribution < 1.29 is 24.1 Å². The van der Waals surface area contributed by atoms with Gasteiger partial charge in [-0.1, -0.05) is 12.1 Å². The van der Waals surface area contributed by atoms with Gasteiger partial charge in [-0.15, -0.1) is 0 Å². The molecule has 0 spiro atoms. The highest BCUT2D eigenvalue weighted by molar-refractivity contribution is 9.09. The van der Waals surface area contributed by atoms with Crippen molar-refractivity contribution in [3.05, 3.63) is 24.3 Å². The molecule has 0 saturated heterocycles. The maximum Gasteiger partial charge on any atom is 0.405 e. The molecule has 1 rings (SSSR count). The van der Waals surface area contributed by atoms with Crippen LogP contribution in [0.1, 0.15) is 0 Å². The van der Waals surface area contributed by atoms with Gasteiger partial charge in [0.1, 0.15) is 12.7 Å². The second kappa shape index (κ2) is 7.07. The lowest BCUT2D eigenvalue weighted by atomic mass is 10.3. The number of halogens is 1. The Bertz CT molecular complexity index is 401. The molecule has 0 aliphatic rings. The van der Waals surface area contributed by atoms with Gasteiger partial charge in [0.2, 0.25) is 0 Å². The van der Waals surface area contributed by atoms with E-state index in [1.165, 1.54) is 7.11 Å². The van der Waals surface area contributed by atoms with E-state index >= 15 is 0 Å². The fourth-order valence-electron chi connectivity index (χ4n) is 1.18. The minimum Gasteiger partial charge on any atom is -0.493 e. The summed E-state index contributed by atoms with van der Waals surface area (Å²) in [5.74, 6) is 1.03. The van der Waals surface area contributed by atoms with Crippen LogP contribution in [0.3, 0.4) is 0 Å². The Balaban J connectivity index is 2.51. The molecular weight excluding hydrogens is 306 g/mol. The van der Waals surface area contributed by atoms with Crippen LogP contribution < -0.4 is 15.2 Å². The maximum absolute atomic E-state index is 10.5. The number of benzene rings is 1. The van der Waals surface area contributed by atoms with Crippen LogP contribution in [0.25, 0.3) is 0 Å². The van der Waals surface area contributed by atoms with E-state index in [1.54, 1.807) is 24.3 Å². The standard InChI is InChI=1S/C11H14BrNO5/c1-16-8-4-2-3-5-9(8)17-6-7(14)10(12)18-11(13)15/h2-5,7,10,14H,6H2,1H3,(H2,13,15). The predicted molar refractivity (Wildman–Crippen MR) is 67.9 cm³/mol. The third-order valence-electron chi connectivity index (χ3n) is 2.01. The van der Waals surface area contributed by atoms with Gasteiger partial charge in [-0.25, -0.2) is 4.79 Å². The zero-order valence-electron chi connectivity index (χ0n) is 9.71. The van der Waals surface area contributed by atoms with Crippen LogP contribution in [-0.4, -0.2) is 36.0 Å². The molecule has 0 bridgehead atoms. The lowest BCUT2D eigenvalue weighted by Crippen LogP contribution is -2.33. The second-order valence-electron chi connectivity index (χ2n) is 3.32. The van der Waals surface area contributed by atoms with Crippen LogP contribution in [0.5, 0.6) is 11.5 Å². The number of ether oxygens (including phenoxy) is 3. The SMILES string of the molecule is COc1ccccc1OCC(O)C(Br)OC(N)=O. The van der Waals surface area contributed by atoms with Crippen molar-refractivity contribution in [3.63, 3.8) is 0 Å². The lowest BCUT2D eigenvalue weighted by molar-refractivity contribution is 0.0278. The molecule has 0 saturated carbocycles. The molecule has 100 valence electrons. The summed E-state index contributed by atoms with van der Waals surface area (Å²) < 4.78 is 15.0. The van der Waals surface area contributed by atoms with Crippen LogP contribution >= 0.6 is 15.9 Å². The van der Waals surface area contributed by atoms with Gasteiger partial charge in [0.15, 0.2) is 16.5 Å². The molecule has 0 fully saturated rings. The fourth-order valence-corrected chi connectivity index (χ4v) is 1.52. The first-order valence-electron chi connectivity index (χ1n) is 5.08. The van der Waals surface area contributed by atoms with E-state index in [9.17, 15) is 9.90 Å². The van der Waals surface area contributed by atoms with Crippen molar-refractivity contribution in [1.82, 2.24) is 0 Å². The third-order valence-corrected chi connectivity index (χ3v) is 2.81. The van der Waals surface area contributed by atoms with E-state index in [0.29, 0.717) is 11.5 Å². The first kappa shape index (κ1) is 14.6. The van der Waals surface area contributed by atoms with Crippen LogP contribution in [0.2, 0.25) is 0 Å². The van der Waals surface area contributed by atoms with Crippen molar-refractivity contribution >= 4 is 22.0 Å². The molecule has 2 atom stereocenters. The first-order valence-corrected chi connectivity index (χ1v) is 6.00. The van der Waals surface area contributed by atoms with E-state index in [1.807, 2.05) is 0 Å². The molecule has 18 heavy (non-hydrogen) atoms. The molecule has 7 heteroatoms. The average molecular weight is 320 g/mol. The monoisotopic (exact) mass is 319 g/mol. The number of amides is 1. The molecule has 2 unspecified atom stereocenters. The Morgan fingerprint density at radius 1 is 1.44 bits per heavy atom. The van der Waals surface area contributed by atoms with Gasteiger partial charge >= 0.3 is 6.09 Å². The van der Waals surface area contributed by atoms with Gasteiger partial charge in [0, 0.05) is 0 Å². The molecule has 0 radical (unpaired) electrons. The van der Waals surface area contributed by atoms with Crippen molar-refractivity contribution in [2.75, 3.05) is 13.7 Å². The highest BCUT2D eigenvalue weighted by atomic mass is 79.9. The summed E-state index contributed by atoms with van der Waals surface area (Å²) in [5, 5.41) is 8.72. The van der Waals surface area contributed by atoms with Gasteiger partial charge in [0.05, 0.1) is 7.11 Å². The van der Waals surface area contributed by atoms with Crippen molar-refractivity contribution in [2.45, 2.75) is 11.1 Å². The third kappa shape index (κ3) is 4.42. The largest absolute Gasteiger partial charge is 0.493 e. The second-order valence-corrected chi connectivity index (χ2v) is 4.22.